The molecule has 1 atom stereocenters. The zero-order chi connectivity index (χ0) is 13.8. The van der Waals surface area contributed by atoms with Gasteiger partial charge in [0.05, 0.1) is 23.6 Å². The van der Waals surface area contributed by atoms with Crippen molar-refractivity contribution >= 4 is 17.3 Å². The van der Waals surface area contributed by atoms with Crippen molar-refractivity contribution < 1.29 is 4.39 Å². The van der Waals surface area contributed by atoms with Gasteiger partial charge in [0.1, 0.15) is 5.82 Å². The molecule has 5 heteroatoms. The number of halogens is 2. The van der Waals surface area contributed by atoms with Crippen LogP contribution in [0.1, 0.15) is 30.6 Å². The number of nitrogens with zero attached hydrogens (tertiary/aromatic N) is 2. The molecule has 1 N–H and O–H groups in total. The van der Waals surface area contributed by atoms with E-state index in [-0.39, 0.29) is 11.9 Å². The second-order valence-corrected chi connectivity index (χ2v) is 4.72. The fourth-order valence-corrected chi connectivity index (χ4v) is 1.98. The lowest BCUT2D eigenvalue weighted by molar-refractivity contribution is 0.614. The van der Waals surface area contributed by atoms with E-state index in [1.54, 1.807) is 12.3 Å². The largest absolute Gasteiger partial charge is 0.374 e. The standard InChI is InChI=1S/C14H15ClFN3/c1-3-11(12-5-4-10(16)8-17-12)19-13-6-9(2)7-18-14(13)15/h4-8,11,19H,3H2,1-2H3. The van der Waals surface area contributed by atoms with Crippen molar-refractivity contribution in [2.45, 2.75) is 26.3 Å². The van der Waals surface area contributed by atoms with Crippen molar-refractivity contribution in [3.8, 4) is 0 Å². The minimum atomic E-state index is -0.339. The Kier molecular flexibility index (Phi) is 4.32. The van der Waals surface area contributed by atoms with Gasteiger partial charge in [0.25, 0.3) is 0 Å². The molecule has 0 aromatic carbocycles. The van der Waals surface area contributed by atoms with Gasteiger partial charge in [-0.15, -0.1) is 0 Å². The molecule has 0 saturated carbocycles. The van der Waals surface area contributed by atoms with E-state index >= 15 is 0 Å². The SMILES string of the molecule is CCC(Nc1cc(C)cnc1Cl)c1ccc(F)cn1. The van der Waals surface area contributed by atoms with Crippen LogP contribution < -0.4 is 5.32 Å². The predicted octanol–water partition coefficient (Wildman–Crippen LogP) is 4.14. The summed E-state index contributed by atoms with van der Waals surface area (Å²) in [5, 5.41) is 3.72. The second kappa shape index (κ2) is 5.97. The van der Waals surface area contributed by atoms with Gasteiger partial charge in [0, 0.05) is 6.20 Å². The third kappa shape index (κ3) is 3.41. The Morgan fingerprint density at radius 2 is 2.11 bits per heavy atom. The lowest BCUT2D eigenvalue weighted by Crippen LogP contribution is -2.12. The zero-order valence-corrected chi connectivity index (χ0v) is 11.6. The molecule has 0 saturated heterocycles. The summed E-state index contributed by atoms with van der Waals surface area (Å²) in [7, 11) is 0. The predicted molar refractivity (Wildman–Crippen MR) is 74.8 cm³/mol. The van der Waals surface area contributed by atoms with Crippen molar-refractivity contribution in [2.24, 2.45) is 0 Å². The van der Waals surface area contributed by atoms with Gasteiger partial charge in [0.15, 0.2) is 5.15 Å². The summed E-state index contributed by atoms with van der Waals surface area (Å²) in [6.45, 7) is 3.98. The molecule has 100 valence electrons. The maximum atomic E-state index is 12.9. The van der Waals surface area contributed by atoms with Crippen molar-refractivity contribution in [3.05, 3.63) is 52.8 Å². The van der Waals surface area contributed by atoms with Gasteiger partial charge in [-0.2, -0.15) is 0 Å². The number of pyridine rings is 2. The highest BCUT2D eigenvalue weighted by molar-refractivity contribution is 6.31. The molecule has 2 aromatic heterocycles. The number of hydrogen-bond donors (Lipinski definition) is 1. The molecule has 0 bridgehead atoms. The molecule has 3 nitrogen and oxygen atoms in total. The van der Waals surface area contributed by atoms with E-state index in [0.29, 0.717) is 5.15 Å². The molecule has 0 aliphatic carbocycles. The minimum absolute atomic E-state index is 0.0262. The van der Waals surface area contributed by atoms with E-state index in [4.69, 9.17) is 11.6 Å². The van der Waals surface area contributed by atoms with Crippen LogP contribution in [0.4, 0.5) is 10.1 Å². The Labute approximate surface area is 116 Å². The molecule has 0 radical (unpaired) electrons. The number of aryl methyl sites for hydroxylation is 1. The van der Waals surface area contributed by atoms with Crippen LogP contribution in [0.5, 0.6) is 0 Å². The monoisotopic (exact) mass is 279 g/mol. The molecule has 1 unspecified atom stereocenters. The van der Waals surface area contributed by atoms with Gasteiger partial charge >= 0.3 is 0 Å². The van der Waals surface area contributed by atoms with E-state index in [1.165, 1.54) is 12.3 Å². The lowest BCUT2D eigenvalue weighted by Gasteiger charge is -2.18. The molecule has 2 rings (SSSR count). The van der Waals surface area contributed by atoms with Crippen molar-refractivity contribution in [2.75, 3.05) is 5.32 Å². The maximum Gasteiger partial charge on any atom is 0.152 e. The van der Waals surface area contributed by atoms with Gasteiger partial charge < -0.3 is 5.32 Å². The fraction of sp³-hybridized carbons (Fsp3) is 0.286. The smallest absolute Gasteiger partial charge is 0.152 e. The number of rotatable bonds is 4. The first-order valence-corrected chi connectivity index (χ1v) is 6.48. The normalized spacial score (nSPS) is 12.2. The van der Waals surface area contributed by atoms with Gasteiger partial charge in [0.2, 0.25) is 0 Å². The van der Waals surface area contributed by atoms with Gasteiger partial charge in [-0.25, -0.2) is 9.37 Å². The van der Waals surface area contributed by atoms with Crippen LogP contribution in [0.15, 0.2) is 30.6 Å². The van der Waals surface area contributed by atoms with Crippen LogP contribution in [0.25, 0.3) is 0 Å². The van der Waals surface area contributed by atoms with Crippen molar-refractivity contribution in [3.63, 3.8) is 0 Å². The number of aromatic nitrogens is 2. The van der Waals surface area contributed by atoms with Crippen molar-refractivity contribution in [1.82, 2.24) is 9.97 Å². The average molecular weight is 280 g/mol. The zero-order valence-electron chi connectivity index (χ0n) is 10.8. The Bertz CT molecular complexity index is 557. The van der Waals surface area contributed by atoms with E-state index in [1.807, 2.05) is 19.9 Å². The molecule has 2 heterocycles. The highest BCUT2D eigenvalue weighted by Gasteiger charge is 2.13. The first kappa shape index (κ1) is 13.7. The number of anilines is 1. The van der Waals surface area contributed by atoms with Gasteiger partial charge in [-0.05, 0) is 37.1 Å². The molecule has 0 aliphatic rings. The molecule has 0 fully saturated rings. The first-order chi connectivity index (χ1) is 9.10. The van der Waals surface area contributed by atoms with Gasteiger partial charge in [-0.3, -0.25) is 4.98 Å². The number of hydrogen-bond acceptors (Lipinski definition) is 3. The Hall–Kier alpha value is -1.68. The van der Waals surface area contributed by atoms with Crippen LogP contribution >= 0.6 is 11.6 Å². The molecule has 0 aliphatic heterocycles. The summed E-state index contributed by atoms with van der Waals surface area (Å²) in [5.74, 6) is -0.339. The minimum Gasteiger partial charge on any atom is -0.374 e. The average Bonchev–Trinajstić information content (AvgIpc) is 2.41. The maximum absolute atomic E-state index is 12.9. The Morgan fingerprint density at radius 1 is 1.32 bits per heavy atom. The quantitative estimate of drug-likeness (QED) is 0.855. The third-order valence-electron chi connectivity index (χ3n) is 2.82. The summed E-state index contributed by atoms with van der Waals surface area (Å²) < 4.78 is 12.9. The van der Waals surface area contributed by atoms with Crippen molar-refractivity contribution in [1.29, 1.82) is 0 Å². The van der Waals surface area contributed by atoms with Crippen LogP contribution in [0.2, 0.25) is 5.15 Å². The topological polar surface area (TPSA) is 37.8 Å². The van der Waals surface area contributed by atoms with E-state index in [9.17, 15) is 4.39 Å². The van der Waals surface area contributed by atoms with Crippen LogP contribution in [0.3, 0.4) is 0 Å². The van der Waals surface area contributed by atoms with Crippen LogP contribution in [-0.2, 0) is 0 Å². The molecule has 19 heavy (non-hydrogen) atoms. The highest BCUT2D eigenvalue weighted by Crippen LogP contribution is 2.26. The number of nitrogens with one attached hydrogen (secondary N) is 1. The Morgan fingerprint density at radius 3 is 2.74 bits per heavy atom. The molecule has 0 amide bonds. The van der Waals surface area contributed by atoms with E-state index in [2.05, 4.69) is 15.3 Å². The molecule has 2 aromatic rings. The Balaban J connectivity index is 2.23. The summed E-state index contributed by atoms with van der Waals surface area (Å²) in [6, 6.07) is 4.99. The summed E-state index contributed by atoms with van der Waals surface area (Å²) >= 11 is 6.06. The van der Waals surface area contributed by atoms with E-state index in [0.717, 1.165) is 23.4 Å². The van der Waals surface area contributed by atoms with Crippen LogP contribution in [-0.4, -0.2) is 9.97 Å². The summed E-state index contributed by atoms with van der Waals surface area (Å²) in [4.78, 5) is 8.19. The first-order valence-electron chi connectivity index (χ1n) is 6.10. The van der Waals surface area contributed by atoms with E-state index < -0.39 is 0 Å². The second-order valence-electron chi connectivity index (χ2n) is 4.36. The van der Waals surface area contributed by atoms with Crippen LogP contribution in [0, 0.1) is 12.7 Å². The molecular formula is C14H15ClFN3. The molecule has 0 spiro atoms. The third-order valence-corrected chi connectivity index (χ3v) is 3.12. The summed E-state index contributed by atoms with van der Waals surface area (Å²) in [5.41, 5.74) is 2.56. The molecular weight excluding hydrogens is 265 g/mol. The summed E-state index contributed by atoms with van der Waals surface area (Å²) in [6.07, 6.45) is 3.74. The highest BCUT2D eigenvalue weighted by atomic mass is 35.5. The fourth-order valence-electron chi connectivity index (χ4n) is 1.82. The lowest BCUT2D eigenvalue weighted by atomic mass is 10.1. The van der Waals surface area contributed by atoms with Gasteiger partial charge in [-0.1, -0.05) is 18.5 Å².